The van der Waals surface area contributed by atoms with Crippen LogP contribution in [-0.4, -0.2) is 43.5 Å². The number of imide groups is 2. The molecule has 0 bridgehead atoms. The Morgan fingerprint density at radius 3 is 2.62 bits per heavy atom. The van der Waals surface area contributed by atoms with E-state index in [2.05, 4.69) is 17.2 Å². The van der Waals surface area contributed by atoms with Gasteiger partial charge in [-0.1, -0.05) is 12.2 Å². The maximum Gasteiger partial charge on any atom is 0.331 e. The van der Waals surface area contributed by atoms with Gasteiger partial charge in [0, 0.05) is 18.3 Å². The summed E-state index contributed by atoms with van der Waals surface area (Å²) in [5.41, 5.74) is 0.841. The first-order chi connectivity index (χ1) is 12.5. The van der Waals surface area contributed by atoms with E-state index in [0.29, 0.717) is 22.9 Å². The fourth-order valence-electron chi connectivity index (χ4n) is 2.57. The number of hydrogen-bond acceptors (Lipinski definition) is 6. The van der Waals surface area contributed by atoms with Gasteiger partial charge in [-0.25, -0.2) is 4.79 Å². The second kappa shape index (κ2) is 8.19. The van der Waals surface area contributed by atoms with Gasteiger partial charge in [0.25, 0.3) is 0 Å². The molecular formula is C18H21N3O5. The molecule has 4 amide bonds. The van der Waals surface area contributed by atoms with Crippen molar-refractivity contribution in [2.75, 3.05) is 26.1 Å². The van der Waals surface area contributed by atoms with E-state index in [1.807, 2.05) is 0 Å². The van der Waals surface area contributed by atoms with Gasteiger partial charge >= 0.3 is 6.03 Å². The van der Waals surface area contributed by atoms with Crippen LogP contribution in [-0.2, 0) is 9.59 Å². The van der Waals surface area contributed by atoms with Gasteiger partial charge < -0.3 is 14.8 Å². The lowest BCUT2D eigenvalue weighted by Gasteiger charge is -2.31. The Bertz CT molecular complexity index is 772. The predicted octanol–water partition coefficient (Wildman–Crippen LogP) is 1.90. The number of hydrogen-bond donors (Lipinski definition) is 2. The topological polar surface area (TPSA) is 97.0 Å². The molecular weight excluding hydrogens is 338 g/mol. The molecule has 1 aromatic carbocycles. The van der Waals surface area contributed by atoms with Crippen LogP contribution in [0.5, 0.6) is 11.5 Å². The summed E-state index contributed by atoms with van der Waals surface area (Å²) in [6.07, 6.45) is 3.02. The number of amides is 4. The zero-order valence-electron chi connectivity index (χ0n) is 14.9. The molecule has 0 saturated carbocycles. The molecule has 1 aromatic rings. The zero-order chi connectivity index (χ0) is 19.3. The van der Waals surface area contributed by atoms with Crippen LogP contribution < -0.4 is 20.1 Å². The van der Waals surface area contributed by atoms with Crippen LogP contribution in [0.2, 0.25) is 0 Å². The molecule has 0 aromatic heterocycles. The largest absolute Gasteiger partial charge is 0.497 e. The zero-order valence-corrected chi connectivity index (χ0v) is 14.9. The van der Waals surface area contributed by atoms with Crippen LogP contribution in [0.15, 0.2) is 42.6 Å². The van der Waals surface area contributed by atoms with Crippen molar-refractivity contribution in [1.82, 2.24) is 10.2 Å². The number of ether oxygens (including phenoxy) is 2. The molecule has 1 fully saturated rings. The minimum atomic E-state index is -1.19. The molecule has 2 N–H and O–H groups in total. The third-order valence-electron chi connectivity index (χ3n) is 3.87. The van der Waals surface area contributed by atoms with Crippen LogP contribution in [0.4, 0.5) is 10.5 Å². The van der Waals surface area contributed by atoms with Crippen LogP contribution in [0, 0.1) is 5.92 Å². The van der Waals surface area contributed by atoms with Crippen LogP contribution in [0.3, 0.4) is 0 Å². The van der Waals surface area contributed by atoms with E-state index in [1.54, 1.807) is 31.2 Å². The predicted molar refractivity (Wildman–Crippen MR) is 95.9 cm³/mol. The minimum absolute atomic E-state index is 0.00786. The number of benzene rings is 1. The van der Waals surface area contributed by atoms with Crippen molar-refractivity contribution in [3.8, 4) is 11.5 Å². The fraction of sp³-hybridized carbons (Fsp3) is 0.278. The van der Waals surface area contributed by atoms with Crippen LogP contribution in [0.25, 0.3) is 0 Å². The number of nitrogens with zero attached hydrogens (tertiary/aromatic N) is 1. The summed E-state index contributed by atoms with van der Waals surface area (Å²) in [6, 6.07) is 4.35. The van der Waals surface area contributed by atoms with Crippen molar-refractivity contribution in [1.29, 1.82) is 0 Å². The second-order valence-corrected chi connectivity index (χ2v) is 5.40. The molecule has 2 rings (SSSR count). The highest BCUT2D eigenvalue weighted by atomic mass is 16.5. The normalized spacial score (nSPS) is 17.7. The van der Waals surface area contributed by atoms with Crippen molar-refractivity contribution in [3.63, 3.8) is 0 Å². The van der Waals surface area contributed by atoms with Gasteiger partial charge in [0.1, 0.15) is 11.5 Å². The average molecular weight is 359 g/mol. The molecule has 1 heterocycles. The number of urea groups is 1. The second-order valence-electron chi connectivity index (χ2n) is 5.40. The monoisotopic (exact) mass is 359 g/mol. The molecule has 1 aliphatic rings. The molecule has 26 heavy (non-hydrogen) atoms. The highest BCUT2D eigenvalue weighted by Crippen LogP contribution is 2.32. The van der Waals surface area contributed by atoms with E-state index in [0.717, 1.165) is 4.90 Å². The molecule has 0 aliphatic carbocycles. The quantitative estimate of drug-likeness (QED) is 0.570. The molecule has 0 spiro atoms. The van der Waals surface area contributed by atoms with Gasteiger partial charge in [-0.3, -0.25) is 19.8 Å². The third kappa shape index (κ3) is 3.69. The Hall–Kier alpha value is -3.29. The smallest absolute Gasteiger partial charge is 0.331 e. The lowest BCUT2D eigenvalue weighted by atomic mass is 9.99. The fourth-order valence-corrected chi connectivity index (χ4v) is 2.57. The van der Waals surface area contributed by atoms with Crippen molar-refractivity contribution < 1.29 is 23.9 Å². The highest BCUT2D eigenvalue weighted by molar-refractivity contribution is 6.18. The van der Waals surface area contributed by atoms with Gasteiger partial charge in [0.15, 0.2) is 5.92 Å². The summed E-state index contributed by atoms with van der Waals surface area (Å²) in [6.45, 7) is 5.21. The number of allylic oxidation sites excluding steroid dienone is 1. The van der Waals surface area contributed by atoms with Crippen molar-refractivity contribution in [3.05, 3.63) is 42.6 Å². The number of carbonyl (C=O) groups excluding carboxylic acids is 3. The first-order valence-electron chi connectivity index (χ1n) is 7.89. The van der Waals surface area contributed by atoms with E-state index in [4.69, 9.17) is 9.47 Å². The SMILES string of the molecule is C=CCN1C(=O)NC(=O)[C@H](/C(=C\C)Nc2cc(OC)ccc2OC)C1=O. The molecule has 0 unspecified atom stereocenters. The first-order valence-corrected chi connectivity index (χ1v) is 7.89. The lowest BCUT2D eigenvalue weighted by molar-refractivity contribution is -0.140. The number of carbonyl (C=O) groups is 3. The molecule has 0 radical (unpaired) electrons. The Morgan fingerprint density at radius 1 is 1.31 bits per heavy atom. The van der Waals surface area contributed by atoms with E-state index in [-0.39, 0.29) is 6.54 Å². The van der Waals surface area contributed by atoms with E-state index in [1.165, 1.54) is 20.3 Å². The molecule has 1 saturated heterocycles. The number of anilines is 1. The molecule has 138 valence electrons. The summed E-state index contributed by atoms with van der Waals surface area (Å²) < 4.78 is 10.5. The Labute approximate surface area is 151 Å². The van der Waals surface area contributed by atoms with Crippen molar-refractivity contribution in [2.24, 2.45) is 5.92 Å². The van der Waals surface area contributed by atoms with Gasteiger partial charge in [0.05, 0.1) is 19.9 Å². The highest BCUT2D eigenvalue weighted by Gasteiger charge is 2.42. The van der Waals surface area contributed by atoms with E-state index in [9.17, 15) is 14.4 Å². The summed E-state index contributed by atoms with van der Waals surface area (Å²) in [4.78, 5) is 37.7. The number of rotatable bonds is 7. The van der Waals surface area contributed by atoms with Gasteiger partial charge in [-0.2, -0.15) is 0 Å². The van der Waals surface area contributed by atoms with Crippen molar-refractivity contribution in [2.45, 2.75) is 6.92 Å². The first kappa shape index (κ1) is 19.0. The number of barbiturate groups is 1. The summed E-state index contributed by atoms with van der Waals surface area (Å²) in [5.74, 6) is -1.42. The van der Waals surface area contributed by atoms with Gasteiger partial charge in [-0.05, 0) is 19.1 Å². The maximum atomic E-state index is 12.7. The standard InChI is InChI=1S/C18H21N3O5/c1-5-9-21-17(23)15(16(22)20-18(21)24)12(6-2)19-13-10-11(25-3)7-8-14(13)26-4/h5-8,10,15,19H,1,9H2,2-4H3,(H,20,22,24)/b12-6+/t15-/m0/s1. The Balaban J connectivity index is 2.36. The van der Waals surface area contributed by atoms with E-state index >= 15 is 0 Å². The molecule has 8 heteroatoms. The number of methoxy groups -OCH3 is 2. The maximum absolute atomic E-state index is 12.7. The Kier molecular flexibility index (Phi) is 6.00. The van der Waals surface area contributed by atoms with Crippen LogP contribution >= 0.6 is 0 Å². The molecule has 1 aliphatic heterocycles. The summed E-state index contributed by atoms with van der Waals surface area (Å²) in [5, 5.41) is 5.23. The average Bonchev–Trinajstić information content (AvgIpc) is 2.63. The van der Waals surface area contributed by atoms with Gasteiger partial charge in [-0.15, -0.1) is 6.58 Å². The van der Waals surface area contributed by atoms with Crippen LogP contribution in [0.1, 0.15) is 6.92 Å². The summed E-state index contributed by atoms with van der Waals surface area (Å²) in [7, 11) is 3.03. The lowest BCUT2D eigenvalue weighted by Crippen LogP contribution is -2.58. The van der Waals surface area contributed by atoms with E-state index < -0.39 is 23.8 Å². The molecule has 1 atom stereocenters. The summed E-state index contributed by atoms with van der Waals surface area (Å²) >= 11 is 0. The number of nitrogens with one attached hydrogen (secondary N) is 2. The Morgan fingerprint density at radius 2 is 2.04 bits per heavy atom. The third-order valence-corrected chi connectivity index (χ3v) is 3.87. The molecule has 8 nitrogen and oxygen atoms in total. The van der Waals surface area contributed by atoms with Gasteiger partial charge in [0.2, 0.25) is 11.8 Å². The van der Waals surface area contributed by atoms with Crippen molar-refractivity contribution >= 4 is 23.5 Å². The minimum Gasteiger partial charge on any atom is -0.497 e.